The molecule has 0 radical (unpaired) electrons. The Labute approximate surface area is 109 Å². The normalized spacial score (nSPS) is 19.1. The molecule has 3 rings (SSSR count). The number of aromatic amines is 1. The molecule has 2 saturated carbocycles. The first kappa shape index (κ1) is 12.1. The molecular formula is C13H15N3O3. The largest absolute Gasteiger partial charge is 0.350 e. The smallest absolute Gasteiger partial charge is 0.270 e. The average Bonchev–Trinajstić information content (AvgIpc) is 3.16. The summed E-state index contributed by atoms with van der Waals surface area (Å²) in [5, 5.41) is 2.73. The molecular weight excluding hydrogens is 246 g/mol. The molecule has 0 aromatic carbocycles. The fourth-order valence-corrected chi connectivity index (χ4v) is 2.20. The monoisotopic (exact) mass is 261 g/mol. The summed E-state index contributed by atoms with van der Waals surface area (Å²) in [6.07, 6.45) is 3.10. The minimum atomic E-state index is -0.340. The molecule has 0 unspecified atom stereocenters. The van der Waals surface area contributed by atoms with Crippen molar-refractivity contribution in [1.82, 2.24) is 15.3 Å². The minimum absolute atomic E-state index is 0.163. The summed E-state index contributed by atoms with van der Waals surface area (Å²) in [5.74, 6) is 1.04. The molecule has 19 heavy (non-hydrogen) atoms. The van der Waals surface area contributed by atoms with Gasteiger partial charge in [-0.3, -0.25) is 14.4 Å². The highest BCUT2D eigenvalue weighted by Gasteiger charge is 2.28. The molecule has 0 aliphatic heterocycles. The molecule has 2 N–H and O–H groups in total. The number of nitrogens with one attached hydrogen (secondary N) is 2. The van der Waals surface area contributed by atoms with Crippen LogP contribution in [0.15, 0.2) is 10.9 Å². The second kappa shape index (κ2) is 4.60. The van der Waals surface area contributed by atoms with Crippen LogP contribution in [0.1, 0.15) is 47.9 Å². The van der Waals surface area contributed by atoms with Gasteiger partial charge in [0.1, 0.15) is 17.3 Å². The maximum atomic E-state index is 11.9. The molecule has 1 heterocycles. The Kier molecular flexibility index (Phi) is 2.93. The van der Waals surface area contributed by atoms with Crippen molar-refractivity contribution in [3.8, 4) is 0 Å². The van der Waals surface area contributed by atoms with Gasteiger partial charge in [-0.25, -0.2) is 4.98 Å². The number of nitrogens with zero attached hydrogens (tertiary/aromatic N) is 1. The van der Waals surface area contributed by atoms with Crippen LogP contribution in [0.3, 0.4) is 0 Å². The van der Waals surface area contributed by atoms with Gasteiger partial charge in [-0.05, 0) is 18.8 Å². The Morgan fingerprint density at radius 3 is 2.74 bits per heavy atom. The van der Waals surface area contributed by atoms with Crippen LogP contribution < -0.4 is 10.9 Å². The number of H-pyrrole nitrogens is 1. The lowest BCUT2D eigenvalue weighted by atomic mass is 9.84. The number of aromatic nitrogens is 2. The van der Waals surface area contributed by atoms with Crippen molar-refractivity contribution in [3.63, 3.8) is 0 Å². The zero-order valence-corrected chi connectivity index (χ0v) is 10.4. The number of carbonyl (C=O) groups is 2. The second-order valence-electron chi connectivity index (χ2n) is 5.31. The van der Waals surface area contributed by atoms with Gasteiger partial charge < -0.3 is 10.3 Å². The van der Waals surface area contributed by atoms with Crippen LogP contribution in [0.5, 0.6) is 0 Å². The molecule has 2 aliphatic carbocycles. The van der Waals surface area contributed by atoms with Crippen molar-refractivity contribution in [2.45, 2.75) is 31.6 Å². The lowest BCUT2D eigenvalue weighted by Gasteiger charge is -2.23. The number of carbonyl (C=O) groups excluding carboxylic acids is 2. The summed E-state index contributed by atoms with van der Waals surface area (Å²) in [6, 6.07) is 1.22. The highest BCUT2D eigenvalue weighted by molar-refractivity contribution is 5.92. The van der Waals surface area contributed by atoms with Gasteiger partial charge in [0.2, 0.25) is 0 Å². The van der Waals surface area contributed by atoms with Crippen molar-refractivity contribution in [3.05, 3.63) is 27.9 Å². The van der Waals surface area contributed by atoms with E-state index < -0.39 is 0 Å². The Balaban J connectivity index is 1.65. The van der Waals surface area contributed by atoms with Gasteiger partial charge in [-0.1, -0.05) is 0 Å². The molecule has 2 aliphatic rings. The molecule has 0 spiro atoms. The third kappa shape index (κ3) is 2.72. The summed E-state index contributed by atoms with van der Waals surface area (Å²) < 4.78 is 0. The van der Waals surface area contributed by atoms with Gasteiger partial charge in [-0.2, -0.15) is 0 Å². The summed E-state index contributed by atoms with van der Waals surface area (Å²) >= 11 is 0. The van der Waals surface area contributed by atoms with Gasteiger partial charge in [-0.15, -0.1) is 0 Å². The maximum Gasteiger partial charge on any atom is 0.270 e. The predicted octanol–water partition coefficient (Wildman–Crippen LogP) is 0.356. The van der Waals surface area contributed by atoms with E-state index in [-0.39, 0.29) is 28.9 Å². The molecule has 6 nitrogen and oxygen atoms in total. The quantitative estimate of drug-likeness (QED) is 0.818. The Morgan fingerprint density at radius 2 is 2.11 bits per heavy atom. The van der Waals surface area contributed by atoms with E-state index in [1.54, 1.807) is 0 Å². The van der Waals surface area contributed by atoms with E-state index in [0.717, 1.165) is 12.8 Å². The fraction of sp³-hybridized carbons (Fsp3) is 0.538. The van der Waals surface area contributed by atoms with Crippen molar-refractivity contribution in [2.75, 3.05) is 6.54 Å². The van der Waals surface area contributed by atoms with Gasteiger partial charge in [0.15, 0.2) is 0 Å². The van der Waals surface area contributed by atoms with Crippen LogP contribution in [0, 0.1) is 5.92 Å². The van der Waals surface area contributed by atoms with E-state index >= 15 is 0 Å². The topological polar surface area (TPSA) is 91.9 Å². The van der Waals surface area contributed by atoms with Crippen LogP contribution in [0.4, 0.5) is 0 Å². The SMILES string of the molecule is O=C1CC(CNC(=O)c2cc(=O)[nH]c(C3CC3)n2)C1. The first-order valence-corrected chi connectivity index (χ1v) is 6.53. The zero-order valence-electron chi connectivity index (χ0n) is 10.4. The molecule has 0 atom stereocenters. The van der Waals surface area contributed by atoms with Crippen molar-refractivity contribution in [1.29, 1.82) is 0 Å². The lowest BCUT2D eigenvalue weighted by Crippen LogP contribution is -2.37. The molecule has 1 aromatic rings. The second-order valence-corrected chi connectivity index (χ2v) is 5.31. The van der Waals surface area contributed by atoms with E-state index in [1.807, 2.05) is 0 Å². The van der Waals surface area contributed by atoms with Crippen molar-refractivity contribution < 1.29 is 9.59 Å². The maximum absolute atomic E-state index is 11.9. The van der Waals surface area contributed by atoms with Crippen LogP contribution in [0.25, 0.3) is 0 Å². The zero-order chi connectivity index (χ0) is 13.4. The summed E-state index contributed by atoms with van der Waals surface area (Å²) in [6.45, 7) is 0.470. The Bertz CT molecular complexity index is 581. The number of ketones is 1. The average molecular weight is 261 g/mol. The van der Waals surface area contributed by atoms with Crippen LogP contribution in [0.2, 0.25) is 0 Å². The molecule has 6 heteroatoms. The van der Waals surface area contributed by atoms with Crippen LogP contribution >= 0.6 is 0 Å². The van der Waals surface area contributed by atoms with Crippen molar-refractivity contribution in [2.24, 2.45) is 5.92 Å². The summed E-state index contributed by atoms with van der Waals surface area (Å²) in [7, 11) is 0. The number of rotatable bonds is 4. The number of amides is 1. The van der Waals surface area contributed by atoms with Gasteiger partial charge in [0, 0.05) is 31.4 Å². The van der Waals surface area contributed by atoms with Crippen LogP contribution in [-0.2, 0) is 4.79 Å². The fourth-order valence-electron chi connectivity index (χ4n) is 2.20. The molecule has 2 fully saturated rings. The molecule has 1 aromatic heterocycles. The Morgan fingerprint density at radius 1 is 1.37 bits per heavy atom. The first-order valence-electron chi connectivity index (χ1n) is 6.53. The van der Waals surface area contributed by atoms with E-state index in [2.05, 4.69) is 15.3 Å². The van der Waals surface area contributed by atoms with E-state index in [1.165, 1.54) is 6.07 Å². The highest BCUT2D eigenvalue weighted by Crippen LogP contribution is 2.37. The molecule has 1 amide bonds. The summed E-state index contributed by atoms with van der Waals surface area (Å²) in [4.78, 5) is 41.1. The van der Waals surface area contributed by atoms with Gasteiger partial charge in [0.25, 0.3) is 11.5 Å². The standard InChI is InChI=1S/C13H15N3O3/c17-9-3-7(4-9)6-14-13(19)10-5-11(18)16-12(15-10)8-1-2-8/h5,7-8H,1-4,6H2,(H,14,19)(H,15,16,18). The van der Waals surface area contributed by atoms with Gasteiger partial charge >= 0.3 is 0 Å². The number of Topliss-reactive ketones (excluding diaryl/α,β-unsaturated/α-hetero) is 1. The highest BCUT2D eigenvalue weighted by atomic mass is 16.2. The van der Waals surface area contributed by atoms with E-state index in [0.29, 0.717) is 31.1 Å². The van der Waals surface area contributed by atoms with Gasteiger partial charge in [0.05, 0.1) is 0 Å². The predicted molar refractivity (Wildman–Crippen MR) is 66.9 cm³/mol. The third-order valence-corrected chi connectivity index (χ3v) is 3.54. The molecule has 100 valence electrons. The van der Waals surface area contributed by atoms with Crippen molar-refractivity contribution >= 4 is 11.7 Å². The first-order chi connectivity index (χ1) is 9.11. The molecule has 0 bridgehead atoms. The van der Waals surface area contributed by atoms with E-state index in [4.69, 9.17) is 0 Å². The third-order valence-electron chi connectivity index (χ3n) is 3.54. The molecule has 0 saturated heterocycles. The van der Waals surface area contributed by atoms with E-state index in [9.17, 15) is 14.4 Å². The lowest BCUT2D eigenvalue weighted by molar-refractivity contribution is -0.126. The van der Waals surface area contributed by atoms with Crippen LogP contribution in [-0.4, -0.2) is 28.2 Å². The minimum Gasteiger partial charge on any atom is -0.350 e. The number of hydrogen-bond donors (Lipinski definition) is 2. The number of hydrogen-bond acceptors (Lipinski definition) is 4. The Hall–Kier alpha value is -1.98. The summed E-state index contributed by atoms with van der Waals surface area (Å²) in [5.41, 5.74) is -0.128.